The molecule has 1 aliphatic rings. The van der Waals surface area contributed by atoms with E-state index in [1.54, 1.807) is 0 Å². The second-order valence-electron chi connectivity index (χ2n) is 5.49. The van der Waals surface area contributed by atoms with Gasteiger partial charge in [0.1, 0.15) is 6.61 Å². The van der Waals surface area contributed by atoms with Crippen LogP contribution in [-0.4, -0.2) is 19.4 Å². The lowest BCUT2D eigenvalue weighted by Gasteiger charge is -2.14. The van der Waals surface area contributed by atoms with Crippen LogP contribution in [0.15, 0.2) is 48.5 Å². The molecule has 0 amide bonds. The summed E-state index contributed by atoms with van der Waals surface area (Å²) in [6.45, 7) is 2.80. The van der Waals surface area contributed by atoms with E-state index in [9.17, 15) is 4.79 Å². The van der Waals surface area contributed by atoms with Gasteiger partial charge in [0.15, 0.2) is 0 Å². The molecule has 0 saturated carbocycles. The second-order valence-corrected chi connectivity index (χ2v) is 5.49. The quantitative estimate of drug-likeness (QED) is 0.590. The second kappa shape index (κ2) is 6.65. The van der Waals surface area contributed by atoms with E-state index in [0.29, 0.717) is 13.2 Å². The van der Waals surface area contributed by atoms with E-state index in [1.165, 1.54) is 22.3 Å². The SMILES string of the molecule is CCCCOC(=O)OCC1c2ccccc2-c2ccccc21. The number of benzene rings is 2. The van der Waals surface area contributed by atoms with Gasteiger partial charge in [-0.25, -0.2) is 4.79 Å². The van der Waals surface area contributed by atoms with Crippen LogP contribution in [0.1, 0.15) is 36.8 Å². The van der Waals surface area contributed by atoms with Crippen LogP contribution in [0.2, 0.25) is 0 Å². The summed E-state index contributed by atoms with van der Waals surface area (Å²) in [5.41, 5.74) is 4.88. The lowest BCUT2D eigenvalue weighted by atomic mass is 9.98. The molecule has 0 heterocycles. The molecule has 0 saturated heterocycles. The molecule has 114 valence electrons. The number of unbranched alkanes of at least 4 members (excludes halogenated alkanes) is 1. The van der Waals surface area contributed by atoms with E-state index < -0.39 is 6.16 Å². The summed E-state index contributed by atoms with van der Waals surface area (Å²) in [7, 11) is 0. The summed E-state index contributed by atoms with van der Waals surface area (Å²) in [5, 5.41) is 0. The molecule has 3 nitrogen and oxygen atoms in total. The first-order valence-corrected chi connectivity index (χ1v) is 7.79. The topological polar surface area (TPSA) is 35.5 Å². The van der Waals surface area contributed by atoms with E-state index in [1.807, 2.05) is 24.3 Å². The van der Waals surface area contributed by atoms with E-state index in [-0.39, 0.29) is 5.92 Å². The summed E-state index contributed by atoms with van der Waals surface area (Å²) in [6, 6.07) is 16.6. The Morgan fingerprint density at radius 2 is 1.55 bits per heavy atom. The van der Waals surface area contributed by atoms with Crippen LogP contribution >= 0.6 is 0 Å². The van der Waals surface area contributed by atoms with E-state index in [4.69, 9.17) is 9.47 Å². The molecule has 2 aromatic carbocycles. The maximum atomic E-state index is 11.7. The van der Waals surface area contributed by atoms with Crippen LogP contribution in [0.25, 0.3) is 11.1 Å². The number of carbonyl (C=O) groups excluding carboxylic acids is 1. The Morgan fingerprint density at radius 1 is 0.955 bits per heavy atom. The Hall–Kier alpha value is -2.29. The molecule has 0 atom stereocenters. The maximum absolute atomic E-state index is 11.7. The van der Waals surface area contributed by atoms with Gasteiger partial charge in [0.05, 0.1) is 6.61 Å². The number of hydrogen-bond donors (Lipinski definition) is 0. The Kier molecular flexibility index (Phi) is 4.42. The van der Waals surface area contributed by atoms with Crippen molar-refractivity contribution in [2.75, 3.05) is 13.2 Å². The van der Waals surface area contributed by atoms with Crippen LogP contribution in [-0.2, 0) is 9.47 Å². The zero-order valence-electron chi connectivity index (χ0n) is 12.7. The van der Waals surface area contributed by atoms with Gasteiger partial charge in [-0.2, -0.15) is 0 Å². The van der Waals surface area contributed by atoms with Crippen LogP contribution in [0, 0.1) is 0 Å². The molecule has 0 bridgehead atoms. The molecule has 0 spiro atoms. The van der Waals surface area contributed by atoms with Crippen molar-refractivity contribution in [3.05, 3.63) is 59.7 Å². The third-order valence-corrected chi connectivity index (χ3v) is 4.05. The van der Waals surface area contributed by atoms with Gasteiger partial charge >= 0.3 is 6.16 Å². The first-order valence-electron chi connectivity index (χ1n) is 7.79. The molecule has 0 unspecified atom stereocenters. The zero-order valence-corrected chi connectivity index (χ0v) is 12.7. The predicted octanol–water partition coefficient (Wildman–Crippen LogP) is 4.75. The number of rotatable bonds is 5. The van der Waals surface area contributed by atoms with Crippen molar-refractivity contribution in [2.45, 2.75) is 25.7 Å². The van der Waals surface area contributed by atoms with Crippen molar-refractivity contribution in [3.63, 3.8) is 0 Å². The highest BCUT2D eigenvalue weighted by Gasteiger charge is 2.29. The standard InChI is InChI=1S/C19H20O3/c1-2-3-12-21-19(20)22-13-18-16-10-6-4-8-14(16)15-9-5-7-11-17(15)18/h4-11,18H,2-3,12-13H2,1H3. The van der Waals surface area contributed by atoms with Gasteiger partial charge in [-0.15, -0.1) is 0 Å². The summed E-state index contributed by atoms with van der Waals surface area (Å²) < 4.78 is 10.4. The van der Waals surface area contributed by atoms with Gasteiger partial charge in [0.2, 0.25) is 0 Å². The fraction of sp³-hybridized carbons (Fsp3) is 0.316. The monoisotopic (exact) mass is 296 g/mol. The molecule has 0 radical (unpaired) electrons. The Bertz CT molecular complexity index is 618. The first-order chi connectivity index (χ1) is 10.8. The molecule has 2 aromatic rings. The molecule has 3 heteroatoms. The normalized spacial score (nSPS) is 12.6. The molecule has 1 aliphatic carbocycles. The fourth-order valence-electron chi connectivity index (χ4n) is 2.93. The van der Waals surface area contributed by atoms with Gasteiger partial charge < -0.3 is 9.47 Å². The molecule has 3 rings (SSSR count). The molecular formula is C19H20O3. The highest BCUT2D eigenvalue weighted by molar-refractivity contribution is 5.78. The predicted molar refractivity (Wildman–Crippen MR) is 85.9 cm³/mol. The maximum Gasteiger partial charge on any atom is 0.508 e. The fourth-order valence-corrected chi connectivity index (χ4v) is 2.93. The molecule has 0 N–H and O–H groups in total. The lowest BCUT2D eigenvalue weighted by Crippen LogP contribution is -2.14. The molecule has 22 heavy (non-hydrogen) atoms. The molecule has 0 aliphatic heterocycles. The first kappa shape index (κ1) is 14.6. The molecule has 0 fully saturated rings. The van der Waals surface area contributed by atoms with Gasteiger partial charge in [0, 0.05) is 5.92 Å². The highest BCUT2D eigenvalue weighted by atomic mass is 16.7. The van der Waals surface area contributed by atoms with E-state index in [2.05, 4.69) is 31.2 Å². The van der Waals surface area contributed by atoms with Crippen LogP contribution in [0.3, 0.4) is 0 Å². The van der Waals surface area contributed by atoms with Crippen molar-refractivity contribution in [1.82, 2.24) is 0 Å². The van der Waals surface area contributed by atoms with E-state index >= 15 is 0 Å². The molecular weight excluding hydrogens is 276 g/mol. The summed E-state index contributed by atoms with van der Waals surface area (Å²) in [6.07, 6.45) is 1.29. The van der Waals surface area contributed by atoms with Crippen molar-refractivity contribution in [1.29, 1.82) is 0 Å². The lowest BCUT2D eigenvalue weighted by molar-refractivity contribution is 0.0525. The van der Waals surface area contributed by atoms with Crippen molar-refractivity contribution in [2.24, 2.45) is 0 Å². The number of ether oxygens (including phenoxy) is 2. The van der Waals surface area contributed by atoms with Crippen LogP contribution in [0.4, 0.5) is 4.79 Å². The average molecular weight is 296 g/mol. The minimum Gasteiger partial charge on any atom is -0.434 e. The highest BCUT2D eigenvalue weighted by Crippen LogP contribution is 2.44. The van der Waals surface area contributed by atoms with Gasteiger partial charge in [-0.1, -0.05) is 61.9 Å². The summed E-state index contributed by atoms with van der Waals surface area (Å²) in [4.78, 5) is 11.7. The molecule has 0 aromatic heterocycles. The van der Waals surface area contributed by atoms with Gasteiger partial charge in [0.25, 0.3) is 0 Å². The van der Waals surface area contributed by atoms with Crippen molar-refractivity contribution >= 4 is 6.16 Å². The summed E-state index contributed by atoms with van der Waals surface area (Å²) >= 11 is 0. The Balaban J connectivity index is 1.73. The Morgan fingerprint density at radius 3 is 2.14 bits per heavy atom. The minimum atomic E-state index is -0.574. The van der Waals surface area contributed by atoms with Crippen LogP contribution < -0.4 is 0 Å². The largest absolute Gasteiger partial charge is 0.508 e. The van der Waals surface area contributed by atoms with Crippen molar-refractivity contribution in [3.8, 4) is 11.1 Å². The minimum absolute atomic E-state index is 0.0890. The summed E-state index contributed by atoms with van der Waals surface area (Å²) in [5.74, 6) is 0.0890. The number of hydrogen-bond acceptors (Lipinski definition) is 3. The number of fused-ring (bicyclic) bond motifs is 3. The third-order valence-electron chi connectivity index (χ3n) is 4.05. The number of carbonyl (C=O) groups is 1. The smallest absolute Gasteiger partial charge is 0.434 e. The van der Waals surface area contributed by atoms with Gasteiger partial charge in [-0.3, -0.25) is 0 Å². The van der Waals surface area contributed by atoms with E-state index in [0.717, 1.165) is 12.8 Å². The third kappa shape index (κ3) is 2.84. The average Bonchev–Trinajstić information content (AvgIpc) is 2.87. The van der Waals surface area contributed by atoms with Crippen molar-refractivity contribution < 1.29 is 14.3 Å². The van der Waals surface area contributed by atoms with Crippen LogP contribution in [0.5, 0.6) is 0 Å². The zero-order chi connectivity index (χ0) is 15.4. The van der Waals surface area contributed by atoms with Gasteiger partial charge in [-0.05, 0) is 28.7 Å². The Labute approximate surface area is 130 Å².